The van der Waals surface area contributed by atoms with Gasteiger partial charge in [0.2, 0.25) is 0 Å². The van der Waals surface area contributed by atoms with Gasteiger partial charge in [0.15, 0.2) is 0 Å². The number of hydrogen-bond donors (Lipinski definition) is 1. The van der Waals surface area contributed by atoms with Crippen LogP contribution >= 0.6 is 0 Å². The molecule has 33 heavy (non-hydrogen) atoms. The number of alkyl halides is 3. The van der Waals surface area contributed by atoms with Crippen LogP contribution in [0.15, 0.2) is 55.0 Å². The molecule has 4 heterocycles. The Morgan fingerprint density at radius 3 is 2.61 bits per heavy atom. The highest BCUT2D eigenvalue weighted by atomic mass is 19.4. The van der Waals surface area contributed by atoms with Gasteiger partial charge in [0.05, 0.1) is 17.3 Å². The topological polar surface area (TPSA) is 71.0 Å². The van der Waals surface area contributed by atoms with Crippen molar-refractivity contribution in [2.24, 2.45) is 5.92 Å². The Balaban J connectivity index is 1.37. The fraction of sp³-hybridized carbons (Fsp3) is 0.333. The largest absolute Gasteiger partial charge is 0.417 e. The highest BCUT2D eigenvalue weighted by Crippen LogP contribution is 2.40. The van der Waals surface area contributed by atoms with E-state index in [0.29, 0.717) is 35.2 Å². The van der Waals surface area contributed by atoms with Gasteiger partial charge in [-0.1, -0.05) is 6.07 Å². The molecule has 6 nitrogen and oxygen atoms in total. The van der Waals surface area contributed by atoms with Crippen LogP contribution in [0, 0.1) is 12.8 Å². The van der Waals surface area contributed by atoms with Gasteiger partial charge in [-0.3, -0.25) is 14.8 Å². The minimum absolute atomic E-state index is 0.0775. The quantitative estimate of drug-likeness (QED) is 0.626. The van der Waals surface area contributed by atoms with E-state index in [1.807, 2.05) is 36.1 Å². The van der Waals surface area contributed by atoms with E-state index in [-0.39, 0.29) is 18.0 Å². The first-order valence-corrected chi connectivity index (χ1v) is 10.8. The number of piperidine rings is 1. The van der Waals surface area contributed by atoms with Crippen LogP contribution in [-0.4, -0.2) is 44.4 Å². The molecule has 1 aliphatic carbocycles. The number of carbonyl (C=O) groups is 1. The zero-order valence-electron chi connectivity index (χ0n) is 17.9. The summed E-state index contributed by atoms with van der Waals surface area (Å²) in [6.45, 7) is 2.56. The van der Waals surface area contributed by atoms with Crippen molar-refractivity contribution in [3.05, 3.63) is 71.8 Å². The Hall–Kier alpha value is -3.49. The average Bonchev–Trinajstić information content (AvgIpc) is 3.40. The summed E-state index contributed by atoms with van der Waals surface area (Å²) >= 11 is 0. The maximum atomic E-state index is 13.6. The number of halogens is 3. The average molecular weight is 453 g/mol. The van der Waals surface area contributed by atoms with E-state index in [9.17, 15) is 18.0 Å². The number of amides is 1. The van der Waals surface area contributed by atoms with Gasteiger partial charge in [-0.15, -0.1) is 0 Å². The predicted molar refractivity (Wildman–Crippen MR) is 116 cm³/mol. The van der Waals surface area contributed by atoms with E-state index in [0.717, 1.165) is 30.7 Å². The second-order valence-corrected chi connectivity index (χ2v) is 8.67. The molecule has 9 heteroatoms. The van der Waals surface area contributed by atoms with E-state index >= 15 is 0 Å². The first-order chi connectivity index (χ1) is 15.8. The first kappa shape index (κ1) is 21.4. The van der Waals surface area contributed by atoms with E-state index in [1.54, 1.807) is 12.4 Å². The van der Waals surface area contributed by atoms with Gasteiger partial charge in [0.25, 0.3) is 5.91 Å². The second-order valence-electron chi connectivity index (χ2n) is 8.67. The van der Waals surface area contributed by atoms with Gasteiger partial charge in [0.1, 0.15) is 11.5 Å². The Bertz CT molecular complexity index is 1170. The molecule has 1 saturated heterocycles. The summed E-state index contributed by atoms with van der Waals surface area (Å²) in [5.74, 6) is 0.542. The molecule has 5 rings (SSSR count). The summed E-state index contributed by atoms with van der Waals surface area (Å²) in [7, 11) is 0. The molecule has 2 aliphatic rings. The zero-order chi connectivity index (χ0) is 23.2. The lowest BCUT2D eigenvalue weighted by atomic mass is 10.0. The number of pyridine rings is 3. The highest BCUT2D eigenvalue weighted by molar-refractivity contribution is 5.99. The molecule has 1 saturated carbocycles. The summed E-state index contributed by atoms with van der Waals surface area (Å²) in [5.41, 5.74) is 1.88. The third-order valence-corrected chi connectivity index (χ3v) is 6.33. The van der Waals surface area contributed by atoms with Gasteiger partial charge in [-0.25, -0.2) is 4.98 Å². The molecule has 2 fully saturated rings. The number of fused-ring (bicyclic) bond motifs is 2. The number of aromatic nitrogens is 3. The van der Waals surface area contributed by atoms with Crippen LogP contribution in [0.4, 0.5) is 19.0 Å². The van der Waals surface area contributed by atoms with Gasteiger partial charge in [-0.05, 0) is 61.6 Å². The Morgan fingerprint density at radius 2 is 1.94 bits per heavy atom. The normalized spacial score (nSPS) is 21.9. The number of rotatable bonds is 4. The van der Waals surface area contributed by atoms with Crippen LogP contribution in [0.25, 0.3) is 11.3 Å². The van der Waals surface area contributed by atoms with Crippen LogP contribution < -0.4 is 5.32 Å². The monoisotopic (exact) mass is 453 g/mol. The standard InChI is InChI=1S/C24H22F3N5O/c1-14-8-17(18-4-2-3-7-28-18)22(30-11-14)23(33)32-13-15-9-19(20(32)10-15)31-21-6-5-16(12-29-21)24(25,26)27/h2-8,11-12,15,19-20H,9-10,13H2,1H3,(H,29,31)/t15-,19+,20-/m0/s1. The fourth-order valence-corrected chi connectivity index (χ4v) is 4.84. The second kappa shape index (κ2) is 8.13. The molecular formula is C24H22F3N5O. The number of anilines is 1. The third-order valence-electron chi connectivity index (χ3n) is 6.33. The van der Waals surface area contributed by atoms with E-state index in [1.165, 1.54) is 6.07 Å². The van der Waals surface area contributed by atoms with Crippen molar-refractivity contribution in [2.75, 3.05) is 11.9 Å². The maximum Gasteiger partial charge on any atom is 0.417 e. The lowest BCUT2D eigenvalue weighted by Gasteiger charge is -2.34. The number of nitrogens with zero attached hydrogens (tertiary/aromatic N) is 4. The van der Waals surface area contributed by atoms with Crippen LogP contribution in [0.1, 0.15) is 34.5 Å². The van der Waals surface area contributed by atoms with Crippen molar-refractivity contribution in [3.63, 3.8) is 0 Å². The van der Waals surface area contributed by atoms with E-state index < -0.39 is 11.7 Å². The summed E-state index contributed by atoms with van der Waals surface area (Å²) < 4.78 is 38.4. The molecule has 3 aromatic heterocycles. The van der Waals surface area contributed by atoms with Gasteiger partial charge in [-0.2, -0.15) is 13.2 Å². The lowest BCUT2D eigenvalue weighted by Crippen LogP contribution is -2.48. The lowest BCUT2D eigenvalue weighted by molar-refractivity contribution is -0.137. The summed E-state index contributed by atoms with van der Waals surface area (Å²) in [6.07, 6.45) is 1.44. The molecule has 0 spiro atoms. The molecular weight excluding hydrogens is 431 g/mol. The maximum absolute atomic E-state index is 13.6. The minimum Gasteiger partial charge on any atom is -0.365 e. The van der Waals surface area contributed by atoms with Gasteiger partial charge < -0.3 is 10.2 Å². The molecule has 1 aliphatic heterocycles. The zero-order valence-corrected chi connectivity index (χ0v) is 17.9. The molecule has 2 bridgehead atoms. The van der Waals surface area contributed by atoms with Crippen LogP contribution in [0.2, 0.25) is 0 Å². The van der Waals surface area contributed by atoms with Crippen molar-refractivity contribution in [3.8, 4) is 11.3 Å². The van der Waals surface area contributed by atoms with E-state index in [4.69, 9.17) is 0 Å². The number of aryl methyl sites for hydroxylation is 1. The molecule has 1 N–H and O–H groups in total. The molecule has 3 aromatic rings. The minimum atomic E-state index is -4.42. The first-order valence-electron chi connectivity index (χ1n) is 10.8. The van der Waals surface area contributed by atoms with Crippen LogP contribution in [0.3, 0.4) is 0 Å². The van der Waals surface area contributed by atoms with Crippen molar-refractivity contribution in [2.45, 2.75) is 38.0 Å². The molecule has 0 radical (unpaired) electrons. The smallest absolute Gasteiger partial charge is 0.365 e. The van der Waals surface area contributed by atoms with Crippen molar-refractivity contribution < 1.29 is 18.0 Å². The van der Waals surface area contributed by atoms with E-state index in [2.05, 4.69) is 20.3 Å². The molecule has 170 valence electrons. The van der Waals surface area contributed by atoms with Gasteiger partial charge in [0, 0.05) is 36.7 Å². The molecule has 3 atom stereocenters. The third kappa shape index (κ3) is 4.15. The van der Waals surface area contributed by atoms with Crippen LogP contribution in [0.5, 0.6) is 0 Å². The fourth-order valence-electron chi connectivity index (χ4n) is 4.84. The number of likely N-dealkylation sites (tertiary alicyclic amines) is 1. The number of nitrogens with one attached hydrogen (secondary N) is 1. The molecule has 1 amide bonds. The van der Waals surface area contributed by atoms with Gasteiger partial charge >= 0.3 is 6.18 Å². The molecule has 0 aromatic carbocycles. The van der Waals surface area contributed by atoms with Crippen molar-refractivity contribution in [1.29, 1.82) is 0 Å². The summed E-state index contributed by atoms with van der Waals surface area (Å²) in [6, 6.07) is 9.64. The number of hydrogen-bond acceptors (Lipinski definition) is 5. The van der Waals surface area contributed by atoms with Crippen LogP contribution in [-0.2, 0) is 6.18 Å². The van der Waals surface area contributed by atoms with Crippen molar-refractivity contribution in [1.82, 2.24) is 19.9 Å². The highest BCUT2D eigenvalue weighted by Gasteiger charge is 2.47. The summed E-state index contributed by atoms with van der Waals surface area (Å²) in [4.78, 5) is 28.2. The Labute approximate surface area is 188 Å². The number of carbonyl (C=O) groups excluding carboxylic acids is 1. The SMILES string of the molecule is Cc1cnc(C(=O)N2C[C@H]3C[C@@H](Nc4ccc(C(F)(F)F)cn4)[C@@H]2C3)c(-c2ccccn2)c1. The predicted octanol–water partition coefficient (Wildman–Crippen LogP) is 4.58. The Kier molecular flexibility index (Phi) is 5.26. The summed E-state index contributed by atoms with van der Waals surface area (Å²) in [5, 5.41) is 3.24. The Morgan fingerprint density at radius 1 is 1.09 bits per heavy atom. The van der Waals surface area contributed by atoms with Crippen molar-refractivity contribution >= 4 is 11.7 Å². The molecule has 0 unspecified atom stereocenters.